The molecule has 11 nitrogen and oxygen atoms in total. The molecule has 208 valence electrons. The summed E-state index contributed by atoms with van der Waals surface area (Å²) in [5, 5.41) is 14.4. The lowest BCUT2D eigenvalue weighted by molar-refractivity contribution is -0.137. The van der Waals surface area contributed by atoms with Gasteiger partial charge in [-0.05, 0) is 56.2 Å². The van der Waals surface area contributed by atoms with Crippen LogP contribution in [-0.2, 0) is 25.4 Å². The third-order valence-electron chi connectivity index (χ3n) is 6.10. The lowest BCUT2D eigenvalue weighted by Gasteiger charge is -2.26. The first-order chi connectivity index (χ1) is 18.0. The molecule has 0 aromatic heterocycles. The zero-order valence-electron chi connectivity index (χ0n) is 21.6. The van der Waals surface area contributed by atoms with Crippen LogP contribution in [0, 0.1) is 5.92 Å². The number of oxime groups is 1. The fourth-order valence-electron chi connectivity index (χ4n) is 4.24. The minimum Gasteiger partial charge on any atom is -0.508 e. The van der Waals surface area contributed by atoms with Crippen molar-refractivity contribution in [2.24, 2.45) is 11.1 Å². The molecule has 3 rings (SSSR count). The number of phenolic OH excluding ortho intramolecular Hbond substituents is 1. The summed E-state index contributed by atoms with van der Waals surface area (Å²) in [4.78, 5) is 51.5. The van der Waals surface area contributed by atoms with E-state index in [0.29, 0.717) is 31.6 Å². The van der Waals surface area contributed by atoms with Gasteiger partial charge in [0.15, 0.2) is 6.61 Å². The lowest BCUT2D eigenvalue weighted by atomic mass is 9.99. The Labute approximate surface area is 222 Å². The second-order valence-corrected chi connectivity index (χ2v) is 10.7. The van der Waals surface area contributed by atoms with E-state index in [-0.39, 0.29) is 41.7 Å². The predicted molar refractivity (Wildman–Crippen MR) is 140 cm³/mol. The summed E-state index contributed by atoms with van der Waals surface area (Å²) >= 11 is 0. The SMILES string of the molecule is C[C@@H]1C/C=C/[C@H](C)C/C=C/C(=N\OCC(=O)N2CCCCC2)Cc2cc(O)cc(OP(=O)(O)O)c2C(=O)O1. The van der Waals surface area contributed by atoms with E-state index in [0.717, 1.165) is 25.3 Å². The average Bonchev–Trinajstić information content (AvgIpc) is 2.82. The van der Waals surface area contributed by atoms with Gasteiger partial charge in [-0.25, -0.2) is 9.36 Å². The normalized spacial score (nSPS) is 24.1. The number of phosphoric acid groups is 1. The Morgan fingerprint density at radius 3 is 2.61 bits per heavy atom. The Bertz CT molecular complexity index is 1140. The monoisotopic (exact) mass is 550 g/mol. The molecule has 1 amide bonds. The summed E-state index contributed by atoms with van der Waals surface area (Å²) in [6.07, 6.45) is 11.0. The van der Waals surface area contributed by atoms with Gasteiger partial charge >= 0.3 is 13.8 Å². The first-order valence-corrected chi connectivity index (χ1v) is 14.2. The van der Waals surface area contributed by atoms with Gasteiger partial charge in [0.05, 0.1) is 5.71 Å². The predicted octanol–water partition coefficient (Wildman–Crippen LogP) is 3.88. The number of allylic oxidation sites excluding steroid dienone is 3. The maximum Gasteiger partial charge on any atom is 0.524 e. The summed E-state index contributed by atoms with van der Waals surface area (Å²) < 4.78 is 21.9. The minimum absolute atomic E-state index is 0.0800. The number of benzene rings is 1. The molecule has 1 aromatic carbocycles. The largest absolute Gasteiger partial charge is 0.524 e. The highest BCUT2D eigenvalue weighted by Crippen LogP contribution is 2.42. The molecule has 0 aliphatic carbocycles. The number of hydrogen-bond donors (Lipinski definition) is 3. The molecular formula is C26H35N2O9P. The molecule has 1 saturated heterocycles. The topological polar surface area (TPSA) is 155 Å². The van der Waals surface area contributed by atoms with E-state index in [9.17, 15) is 29.0 Å². The Morgan fingerprint density at radius 2 is 1.89 bits per heavy atom. The van der Waals surface area contributed by atoms with E-state index in [2.05, 4.69) is 5.16 Å². The van der Waals surface area contributed by atoms with Crippen LogP contribution >= 0.6 is 7.82 Å². The van der Waals surface area contributed by atoms with E-state index >= 15 is 0 Å². The Morgan fingerprint density at radius 1 is 1.16 bits per heavy atom. The minimum atomic E-state index is -5.07. The van der Waals surface area contributed by atoms with Crippen molar-refractivity contribution in [1.29, 1.82) is 0 Å². The fourth-order valence-corrected chi connectivity index (χ4v) is 4.64. The highest BCUT2D eigenvalue weighted by Gasteiger charge is 2.28. The van der Waals surface area contributed by atoms with Crippen molar-refractivity contribution in [1.82, 2.24) is 4.90 Å². The van der Waals surface area contributed by atoms with Gasteiger partial charge in [-0.3, -0.25) is 14.6 Å². The Hall–Kier alpha value is -3.14. The molecule has 2 atom stereocenters. The summed E-state index contributed by atoms with van der Waals surface area (Å²) in [6, 6.07) is 2.21. The van der Waals surface area contributed by atoms with Gasteiger partial charge in [0.25, 0.3) is 5.91 Å². The van der Waals surface area contributed by atoms with E-state index < -0.39 is 25.6 Å². The maximum absolute atomic E-state index is 13.2. The number of esters is 1. The number of rotatable bonds is 5. The summed E-state index contributed by atoms with van der Waals surface area (Å²) in [5.74, 6) is -1.76. The number of carbonyl (C=O) groups is 2. The number of piperidine rings is 1. The van der Waals surface area contributed by atoms with Gasteiger partial charge in [-0.1, -0.05) is 30.3 Å². The van der Waals surface area contributed by atoms with E-state index in [1.807, 2.05) is 25.2 Å². The highest BCUT2D eigenvalue weighted by atomic mass is 31.2. The zero-order chi connectivity index (χ0) is 27.7. The van der Waals surface area contributed by atoms with E-state index in [1.54, 1.807) is 17.9 Å². The van der Waals surface area contributed by atoms with Gasteiger partial charge in [0, 0.05) is 32.0 Å². The van der Waals surface area contributed by atoms with Crippen LogP contribution < -0.4 is 4.52 Å². The fraction of sp³-hybridized carbons (Fsp3) is 0.500. The second-order valence-electron chi connectivity index (χ2n) is 9.53. The van der Waals surface area contributed by atoms with Crippen molar-refractivity contribution in [3.05, 3.63) is 47.6 Å². The highest BCUT2D eigenvalue weighted by molar-refractivity contribution is 7.46. The van der Waals surface area contributed by atoms with E-state index in [1.165, 1.54) is 6.07 Å². The first-order valence-electron chi connectivity index (χ1n) is 12.6. The summed E-state index contributed by atoms with van der Waals surface area (Å²) in [7, 11) is -5.07. The number of phosphoric ester groups is 1. The van der Waals surface area contributed by atoms with Crippen molar-refractivity contribution in [3.63, 3.8) is 0 Å². The molecule has 3 N–H and O–H groups in total. The number of fused-ring (bicyclic) bond motifs is 1. The number of phenols is 1. The summed E-state index contributed by atoms with van der Waals surface area (Å²) in [6.45, 7) is 4.84. The second kappa shape index (κ2) is 13.6. The molecule has 2 aliphatic heterocycles. The number of amides is 1. The number of nitrogens with zero attached hydrogens (tertiary/aromatic N) is 2. The Kier molecular flexibility index (Phi) is 10.5. The third kappa shape index (κ3) is 9.31. The van der Waals surface area contributed by atoms with Gasteiger partial charge in [0.2, 0.25) is 0 Å². The molecule has 1 aromatic rings. The molecule has 1 fully saturated rings. The quantitative estimate of drug-likeness (QED) is 0.214. The van der Waals surface area contributed by atoms with Crippen molar-refractivity contribution >= 4 is 25.4 Å². The van der Waals surface area contributed by atoms with Crippen LogP contribution in [0.4, 0.5) is 0 Å². The van der Waals surface area contributed by atoms with Crippen LogP contribution in [0.1, 0.15) is 61.9 Å². The van der Waals surface area contributed by atoms with Crippen LogP contribution in [0.15, 0.2) is 41.6 Å². The van der Waals surface area contributed by atoms with Gasteiger partial charge in [-0.15, -0.1) is 0 Å². The zero-order valence-corrected chi connectivity index (χ0v) is 22.5. The standard InChI is InChI=1S/C26H35N2O9P/c1-18-8-6-10-19(2)36-26(31)25-20(15-22(29)16-23(25)37-38(32,33)34)14-21(11-7-9-18)27-35-17-24(30)28-12-4-3-5-13-28/h6-8,11,15-16,18-19,29H,3-5,9-10,12-14,17H2,1-2H3,(H2,32,33,34)/b8-6+,11-7+,27-21+/t18-,19+/m0/s1. The number of aromatic hydroxyl groups is 1. The molecule has 2 aliphatic rings. The molecule has 0 saturated carbocycles. The molecule has 38 heavy (non-hydrogen) atoms. The molecule has 12 heteroatoms. The van der Waals surface area contributed by atoms with Crippen LogP contribution in [0.2, 0.25) is 0 Å². The number of hydrogen-bond acceptors (Lipinski definition) is 8. The molecular weight excluding hydrogens is 515 g/mol. The number of cyclic esters (lactones) is 1. The van der Waals surface area contributed by atoms with Crippen LogP contribution in [0.3, 0.4) is 0 Å². The van der Waals surface area contributed by atoms with Crippen LogP contribution in [0.25, 0.3) is 0 Å². The number of carbonyl (C=O) groups excluding carboxylic acids is 2. The molecule has 0 radical (unpaired) electrons. The van der Waals surface area contributed by atoms with Crippen LogP contribution in [-0.4, -0.2) is 63.2 Å². The lowest BCUT2D eigenvalue weighted by Crippen LogP contribution is -2.37. The van der Waals surface area contributed by atoms with Gasteiger partial charge in [0.1, 0.15) is 23.2 Å². The molecule has 0 bridgehead atoms. The summed E-state index contributed by atoms with van der Waals surface area (Å²) in [5.41, 5.74) is 0.220. The van der Waals surface area contributed by atoms with Gasteiger partial charge in [-0.2, -0.15) is 0 Å². The molecule has 0 unspecified atom stereocenters. The average molecular weight is 551 g/mol. The van der Waals surface area contributed by atoms with E-state index in [4.69, 9.17) is 14.1 Å². The number of likely N-dealkylation sites (tertiary alicyclic amines) is 1. The Balaban J connectivity index is 1.96. The van der Waals surface area contributed by atoms with Crippen molar-refractivity contribution in [2.45, 2.75) is 58.5 Å². The maximum atomic E-state index is 13.2. The van der Waals surface area contributed by atoms with Crippen molar-refractivity contribution in [2.75, 3.05) is 19.7 Å². The number of ether oxygens (including phenoxy) is 1. The van der Waals surface area contributed by atoms with Crippen molar-refractivity contribution in [3.8, 4) is 11.5 Å². The molecule has 2 heterocycles. The van der Waals surface area contributed by atoms with Gasteiger partial charge < -0.3 is 24.1 Å². The van der Waals surface area contributed by atoms with Crippen LogP contribution in [0.5, 0.6) is 11.5 Å². The molecule has 0 spiro atoms. The van der Waals surface area contributed by atoms with Crippen molar-refractivity contribution < 1.29 is 43.1 Å². The smallest absolute Gasteiger partial charge is 0.508 e. The third-order valence-corrected chi connectivity index (χ3v) is 6.53. The first kappa shape index (κ1) is 29.4.